The maximum Gasteiger partial charge on any atom is 0.257 e. The number of carbonyl (C=O) groups excluding carboxylic acids is 1. The Kier molecular flexibility index (Phi) is 5.01. The van der Waals surface area contributed by atoms with E-state index < -0.39 is 10.0 Å². The number of aryl methyl sites for hydroxylation is 1. The second-order valence-corrected chi connectivity index (χ2v) is 8.45. The van der Waals surface area contributed by atoms with Crippen LogP contribution in [-0.2, 0) is 10.0 Å². The maximum atomic E-state index is 12.6. The zero-order valence-electron chi connectivity index (χ0n) is 13.8. The molecule has 2 aromatic carbocycles. The van der Waals surface area contributed by atoms with Crippen LogP contribution < -0.4 is 9.62 Å². The summed E-state index contributed by atoms with van der Waals surface area (Å²) < 4.78 is 25.9. The Morgan fingerprint density at radius 1 is 1.16 bits per heavy atom. The molecule has 0 aliphatic carbocycles. The first-order chi connectivity index (χ1) is 11.9. The third-order valence-electron chi connectivity index (χ3n) is 4.23. The second-order valence-electron chi connectivity index (χ2n) is 6.03. The Morgan fingerprint density at radius 3 is 2.64 bits per heavy atom. The number of nitrogens with one attached hydrogen (secondary N) is 1. The molecule has 0 bridgehead atoms. The maximum absolute atomic E-state index is 12.6. The topological polar surface area (TPSA) is 66.5 Å². The molecule has 0 spiro atoms. The zero-order chi connectivity index (χ0) is 18.0. The van der Waals surface area contributed by atoms with E-state index >= 15 is 0 Å². The van der Waals surface area contributed by atoms with Crippen LogP contribution >= 0.6 is 11.6 Å². The highest BCUT2D eigenvalue weighted by molar-refractivity contribution is 7.92. The molecule has 1 aliphatic rings. The average molecular weight is 379 g/mol. The molecule has 2 aromatic rings. The molecule has 1 amide bonds. The molecule has 7 heteroatoms. The molecule has 0 atom stereocenters. The predicted molar refractivity (Wildman–Crippen MR) is 101 cm³/mol. The Labute approximate surface area is 152 Å². The number of amides is 1. The zero-order valence-corrected chi connectivity index (χ0v) is 15.4. The summed E-state index contributed by atoms with van der Waals surface area (Å²) in [4.78, 5) is 12.6. The van der Waals surface area contributed by atoms with Gasteiger partial charge in [0, 0.05) is 12.2 Å². The van der Waals surface area contributed by atoms with Crippen LogP contribution in [0.15, 0.2) is 42.5 Å². The van der Waals surface area contributed by atoms with E-state index in [0.29, 0.717) is 24.3 Å². The monoisotopic (exact) mass is 378 g/mol. The van der Waals surface area contributed by atoms with Gasteiger partial charge < -0.3 is 5.32 Å². The van der Waals surface area contributed by atoms with Gasteiger partial charge in [0.05, 0.1) is 22.0 Å². The molecule has 1 heterocycles. The molecule has 1 N–H and O–H groups in total. The fraction of sp³-hybridized carbons (Fsp3) is 0.278. The minimum Gasteiger partial charge on any atom is -0.322 e. The lowest BCUT2D eigenvalue weighted by atomic mass is 10.1. The van der Waals surface area contributed by atoms with Gasteiger partial charge in [0.2, 0.25) is 10.0 Å². The minimum absolute atomic E-state index is 0.125. The molecule has 1 saturated heterocycles. The second kappa shape index (κ2) is 7.06. The fourth-order valence-electron chi connectivity index (χ4n) is 2.82. The van der Waals surface area contributed by atoms with E-state index in [1.54, 1.807) is 24.3 Å². The van der Waals surface area contributed by atoms with Crippen molar-refractivity contribution < 1.29 is 13.2 Å². The first-order valence-electron chi connectivity index (χ1n) is 8.05. The van der Waals surface area contributed by atoms with Crippen LogP contribution in [0.4, 0.5) is 11.4 Å². The van der Waals surface area contributed by atoms with E-state index in [1.807, 2.05) is 25.1 Å². The lowest BCUT2D eigenvalue weighted by Crippen LogP contribution is -2.38. The molecule has 3 rings (SSSR count). The minimum atomic E-state index is -3.34. The lowest BCUT2D eigenvalue weighted by molar-refractivity contribution is 0.102. The third kappa shape index (κ3) is 3.80. The van der Waals surface area contributed by atoms with Crippen LogP contribution in [0.25, 0.3) is 0 Å². The Balaban J connectivity index is 1.92. The molecule has 132 valence electrons. The van der Waals surface area contributed by atoms with Crippen LogP contribution in [-0.4, -0.2) is 26.6 Å². The number of benzene rings is 2. The molecule has 0 radical (unpaired) electrons. The van der Waals surface area contributed by atoms with Crippen molar-refractivity contribution in [3.8, 4) is 0 Å². The molecular formula is C18H19ClN2O3S. The van der Waals surface area contributed by atoms with Crippen LogP contribution in [0.3, 0.4) is 0 Å². The van der Waals surface area contributed by atoms with Crippen molar-refractivity contribution in [1.82, 2.24) is 0 Å². The molecule has 0 unspecified atom stereocenters. The van der Waals surface area contributed by atoms with Gasteiger partial charge in [0.25, 0.3) is 5.91 Å². The molecule has 0 saturated carbocycles. The van der Waals surface area contributed by atoms with Crippen LogP contribution in [0.1, 0.15) is 28.8 Å². The van der Waals surface area contributed by atoms with Gasteiger partial charge in [-0.05, 0) is 49.6 Å². The highest BCUT2D eigenvalue weighted by Crippen LogP contribution is 2.28. The van der Waals surface area contributed by atoms with Gasteiger partial charge in [-0.2, -0.15) is 0 Å². The largest absolute Gasteiger partial charge is 0.322 e. The summed E-state index contributed by atoms with van der Waals surface area (Å²) in [5.74, 6) is -0.240. The number of hydrogen-bond donors (Lipinski definition) is 1. The number of rotatable bonds is 3. The van der Waals surface area contributed by atoms with E-state index in [9.17, 15) is 13.2 Å². The van der Waals surface area contributed by atoms with E-state index in [1.165, 1.54) is 4.31 Å². The number of nitrogens with zero attached hydrogens (tertiary/aromatic N) is 1. The third-order valence-corrected chi connectivity index (χ3v) is 6.42. The van der Waals surface area contributed by atoms with Crippen LogP contribution in [0.5, 0.6) is 0 Å². The molecule has 25 heavy (non-hydrogen) atoms. The summed E-state index contributed by atoms with van der Waals surface area (Å²) in [5.41, 5.74) is 2.35. The quantitative estimate of drug-likeness (QED) is 0.882. The van der Waals surface area contributed by atoms with Crippen LogP contribution in [0.2, 0.25) is 5.02 Å². The summed E-state index contributed by atoms with van der Waals surface area (Å²) in [6, 6.07) is 12.2. The van der Waals surface area contributed by atoms with Gasteiger partial charge in [-0.15, -0.1) is 0 Å². The summed E-state index contributed by atoms with van der Waals surface area (Å²) in [5, 5.41) is 3.11. The van der Waals surface area contributed by atoms with Gasteiger partial charge in [-0.3, -0.25) is 9.10 Å². The van der Waals surface area contributed by atoms with Gasteiger partial charge >= 0.3 is 0 Å². The standard InChI is InChI=1S/C18H19ClN2O3S/c1-13-6-2-3-7-17(13)20-18(22)15-12-14(8-9-16(15)19)21-10-4-5-11-25(21,23)24/h2-3,6-9,12H,4-5,10-11H2,1H3,(H,20,22). The van der Waals surface area contributed by atoms with E-state index in [2.05, 4.69) is 5.32 Å². The number of carbonyl (C=O) groups is 1. The van der Waals surface area contributed by atoms with Crippen molar-refractivity contribution in [3.05, 3.63) is 58.6 Å². The summed E-state index contributed by atoms with van der Waals surface area (Å²) in [7, 11) is -3.34. The van der Waals surface area contributed by atoms with E-state index in [0.717, 1.165) is 12.0 Å². The molecule has 5 nitrogen and oxygen atoms in total. The summed E-state index contributed by atoms with van der Waals surface area (Å²) in [6.07, 6.45) is 1.46. The van der Waals surface area contributed by atoms with E-state index in [-0.39, 0.29) is 22.2 Å². The Hall–Kier alpha value is -2.05. The smallest absolute Gasteiger partial charge is 0.257 e. The van der Waals surface area contributed by atoms with Crippen LogP contribution in [0, 0.1) is 6.92 Å². The number of para-hydroxylation sites is 1. The van der Waals surface area contributed by atoms with Gasteiger partial charge in [-0.1, -0.05) is 29.8 Å². The van der Waals surface area contributed by atoms with Crippen molar-refractivity contribution in [3.63, 3.8) is 0 Å². The van der Waals surface area contributed by atoms with E-state index in [4.69, 9.17) is 11.6 Å². The average Bonchev–Trinajstić information content (AvgIpc) is 2.57. The summed E-state index contributed by atoms with van der Waals surface area (Å²) >= 11 is 6.18. The highest BCUT2D eigenvalue weighted by atomic mass is 35.5. The van der Waals surface area contributed by atoms with Crippen molar-refractivity contribution >= 4 is 38.9 Å². The number of hydrogen-bond acceptors (Lipinski definition) is 3. The van der Waals surface area contributed by atoms with Crippen molar-refractivity contribution in [1.29, 1.82) is 0 Å². The normalized spacial score (nSPS) is 16.5. The van der Waals surface area contributed by atoms with Crippen molar-refractivity contribution in [2.75, 3.05) is 21.9 Å². The van der Waals surface area contributed by atoms with Crippen molar-refractivity contribution in [2.45, 2.75) is 19.8 Å². The SMILES string of the molecule is Cc1ccccc1NC(=O)c1cc(N2CCCCS2(=O)=O)ccc1Cl. The number of halogens is 1. The highest BCUT2D eigenvalue weighted by Gasteiger charge is 2.27. The molecule has 0 aromatic heterocycles. The van der Waals surface area contributed by atoms with Crippen molar-refractivity contribution in [2.24, 2.45) is 0 Å². The Morgan fingerprint density at radius 2 is 1.92 bits per heavy atom. The molecule has 1 fully saturated rings. The number of anilines is 2. The fourth-order valence-corrected chi connectivity index (χ4v) is 4.66. The summed E-state index contributed by atoms with van der Waals surface area (Å²) in [6.45, 7) is 2.32. The Bertz CT molecular complexity index is 912. The molecule has 1 aliphatic heterocycles. The lowest BCUT2D eigenvalue weighted by Gasteiger charge is -2.28. The predicted octanol–water partition coefficient (Wildman–Crippen LogP) is 3.83. The van der Waals surface area contributed by atoms with Gasteiger partial charge in [-0.25, -0.2) is 8.42 Å². The first-order valence-corrected chi connectivity index (χ1v) is 10.0. The first kappa shape index (κ1) is 17.8. The molecular weight excluding hydrogens is 360 g/mol. The van der Waals surface area contributed by atoms with Gasteiger partial charge in [0.1, 0.15) is 0 Å². The number of sulfonamides is 1. The van der Waals surface area contributed by atoms with Gasteiger partial charge in [0.15, 0.2) is 0 Å².